The predicted molar refractivity (Wildman–Crippen MR) is 109 cm³/mol. The first-order chi connectivity index (χ1) is 14.1. The molecule has 3 rings (SSSR count). The fourth-order valence-corrected chi connectivity index (χ4v) is 3.05. The summed E-state index contributed by atoms with van der Waals surface area (Å²) in [6.45, 7) is 0.361. The molecule has 3 aromatic rings. The topological polar surface area (TPSA) is 102 Å². The van der Waals surface area contributed by atoms with Gasteiger partial charge in [0.15, 0.2) is 0 Å². The number of benzene rings is 2. The second-order valence-electron chi connectivity index (χ2n) is 5.94. The number of amides is 2. The van der Waals surface area contributed by atoms with E-state index in [0.717, 1.165) is 22.6 Å². The van der Waals surface area contributed by atoms with E-state index in [-0.39, 0.29) is 30.0 Å². The molecule has 0 saturated heterocycles. The van der Waals surface area contributed by atoms with Crippen LogP contribution in [0.5, 0.6) is 5.75 Å². The molecule has 0 radical (unpaired) electrons. The Balaban J connectivity index is 1.40. The smallest absolute Gasteiger partial charge is 0.286 e. The molecule has 0 bridgehead atoms. The van der Waals surface area contributed by atoms with E-state index in [0.29, 0.717) is 17.2 Å². The lowest BCUT2D eigenvalue weighted by atomic mass is 10.2. The highest BCUT2D eigenvalue weighted by molar-refractivity contribution is 7.13. The summed E-state index contributed by atoms with van der Waals surface area (Å²) in [5.74, 6) is 0.145. The normalized spacial score (nSPS) is 10.4. The van der Waals surface area contributed by atoms with Crippen LogP contribution in [0.4, 0.5) is 5.69 Å². The highest BCUT2D eigenvalue weighted by Crippen LogP contribution is 2.14. The molecule has 9 heteroatoms. The van der Waals surface area contributed by atoms with E-state index in [4.69, 9.17) is 9.47 Å². The summed E-state index contributed by atoms with van der Waals surface area (Å²) in [6.07, 6.45) is 0. The highest BCUT2D eigenvalue weighted by atomic mass is 32.1. The third-order valence-electron chi connectivity index (χ3n) is 3.78. The minimum absolute atomic E-state index is 0.100. The molecule has 0 saturated carbocycles. The molecule has 0 aliphatic heterocycles. The zero-order valence-electron chi connectivity index (χ0n) is 15.8. The van der Waals surface area contributed by atoms with Crippen molar-refractivity contribution in [1.29, 1.82) is 0 Å². The summed E-state index contributed by atoms with van der Waals surface area (Å²) in [4.78, 5) is 24.1. The minimum atomic E-state index is -0.337. The van der Waals surface area contributed by atoms with E-state index in [1.165, 1.54) is 0 Å². The molecule has 150 valence electrons. The van der Waals surface area contributed by atoms with Crippen LogP contribution in [0.3, 0.4) is 0 Å². The van der Waals surface area contributed by atoms with Gasteiger partial charge in [-0.15, -0.1) is 10.2 Å². The monoisotopic (exact) mass is 412 g/mol. The summed E-state index contributed by atoms with van der Waals surface area (Å²) in [7, 11) is 1.59. The van der Waals surface area contributed by atoms with Crippen LogP contribution in [0.25, 0.3) is 0 Å². The molecule has 0 unspecified atom stereocenters. The van der Waals surface area contributed by atoms with Gasteiger partial charge in [0.25, 0.3) is 5.91 Å². The van der Waals surface area contributed by atoms with Crippen molar-refractivity contribution in [3.8, 4) is 5.75 Å². The Morgan fingerprint density at radius 2 is 1.90 bits per heavy atom. The number of nitrogens with zero attached hydrogens (tertiary/aromatic N) is 2. The summed E-state index contributed by atoms with van der Waals surface area (Å²) in [6, 6.07) is 16.5. The van der Waals surface area contributed by atoms with Gasteiger partial charge in [0.1, 0.15) is 24.0 Å². The van der Waals surface area contributed by atoms with E-state index in [9.17, 15) is 9.59 Å². The lowest BCUT2D eigenvalue weighted by Crippen LogP contribution is -2.27. The second kappa shape index (κ2) is 10.3. The Labute approximate surface area is 171 Å². The molecule has 0 aliphatic carbocycles. The molecule has 0 fully saturated rings. The van der Waals surface area contributed by atoms with Gasteiger partial charge in [-0.3, -0.25) is 9.59 Å². The van der Waals surface area contributed by atoms with Crippen molar-refractivity contribution in [2.75, 3.05) is 19.0 Å². The average molecular weight is 412 g/mol. The van der Waals surface area contributed by atoms with Crippen molar-refractivity contribution in [1.82, 2.24) is 15.5 Å². The molecular formula is C20H20N4O4S. The molecule has 2 N–H and O–H groups in total. The Kier molecular flexibility index (Phi) is 7.26. The zero-order valence-corrected chi connectivity index (χ0v) is 16.6. The number of para-hydroxylation sites is 1. The van der Waals surface area contributed by atoms with Gasteiger partial charge >= 0.3 is 0 Å². The maximum absolute atomic E-state index is 12.2. The molecule has 8 nitrogen and oxygen atoms in total. The number of carbonyl (C=O) groups excluding carboxylic acids is 2. The number of nitrogens with one attached hydrogen (secondary N) is 2. The van der Waals surface area contributed by atoms with Gasteiger partial charge in [0, 0.05) is 12.2 Å². The number of methoxy groups -OCH3 is 1. The van der Waals surface area contributed by atoms with E-state index >= 15 is 0 Å². The second-order valence-corrected chi connectivity index (χ2v) is 7.00. The zero-order chi connectivity index (χ0) is 20.5. The lowest BCUT2D eigenvalue weighted by molar-refractivity contribution is -0.126. The molecule has 0 aliphatic rings. The molecule has 29 heavy (non-hydrogen) atoms. The molecule has 2 amide bonds. The van der Waals surface area contributed by atoms with Crippen LogP contribution in [-0.4, -0.2) is 35.7 Å². The van der Waals surface area contributed by atoms with Crippen LogP contribution >= 0.6 is 11.3 Å². The number of aromatic nitrogens is 2. The number of hydrogen-bond acceptors (Lipinski definition) is 7. The average Bonchev–Trinajstić information content (AvgIpc) is 3.22. The first-order valence-electron chi connectivity index (χ1n) is 8.80. The summed E-state index contributed by atoms with van der Waals surface area (Å²) in [5, 5.41) is 14.1. The predicted octanol–water partition coefficient (Wildman–Crippen LogP) is 2.63. The van der Waals surface area contributed by atoms with E-state index in [1.807, 2.05) is 42.5 Å². The van der Waals surface area contributed by atoms with Crippen LogP contribution in [0.15, 0.2) is 54.6 Å². The first kappa shape index (κ1) is 20.4. The molecule has 1 heterocycles. The molecule has 2 aromatic carbocycles. The summed E-state index contributed by atoms with van der Waals surface area (Å²) < 4.78 is 10.5. The Bertz CT molecular complexity index is 962. The van der Waals surface area contributed by atoms with E-state index < -0.39 is 0 Å². The van der Waals surface area contributed by atoms with Crippen molar-refractivity contribution < 1.29 is 19.1 Å². The van der Waals surface area contributed by atoms with Crippen molar-refractivity contribution in [2.45, 2.75) is 13.2 Å². The van der Waals surface area contributed by atoms with Crippen molar-refractivity contribution in [2.24, 2.45) is 0 Å². The standard InChI is InChI=1S/C20H20N4O4S/c1-27-16-9-5-6-14(10-16)11-21-17(25)12-28-13-18-23-24-20(29-18)19(26)22-15-7-3-2-4-8-15/h2-10H,11-13H2,1H3,(H,21,25)(H,22,26). The number of rotatable bonds is 9. The maximum atomic E-state index is 12.2. The van der Waals surface area contributed by atoms with Gasteiger partial charge in [0.2, 0.25) is 10.9 Å². The Morgan fingerprint density at radius 3 is 2.69 bits per heavy atom. The van der Waals surface area contributed by atoms with Crippen molar-refractivity contribution in [3.05, 3.63) is 70.2 Å². The van der Waals surface area contributed by atoms with Gasteiger partial charge in [-0.25, -0.2) is 0 Å². The number of anilines is 1. The molecule has 0 atom stereocenters. The first-order valence-corrected chi connectivity index (χ1v) is 9.62. The van der Waals surface area contributed by atoms with E-state index in [2.05, 4.69) is 20.8 Å². The maximum Gasteiger partial charge on any atom is 0.286 e. The Morgan fingerprint density at radius 1 is 1.07 bits per heavy atom. The van der Waals surface area contributed by atoms with Crippen molar-refractivity contribution >= 4 is 28.8 Å². The highest BCUT2D eigenvalue weighted by Gasteiger charge is 2.13. The minimum Gasteiger partial charge on any atom is -0.497 e. The number of ether oxygens (including phenoxy) is 2. The van der Waals surface area contributed by atoms with E-state index in [1.54, 1.807) is 19.2 Å². The largest absolute Gasteiger partial charge is 0.497 e. The van der Waals surface area contributed by atoms with Crippen LogP contribution < -0.4 is 15.4 Å². The summed E-state index contributed by atoms with van der Waals surface area (Å²) >= 11 is 1.12. The summed E-state index contributed by atoms with van der Waals surface area (Å²) in [5.41, 5.74) is 1.61. The van der Waals surface area contributed by atoms with Gasteiger partial charge in [-0.2, -0.15) is 0 Å². The van der Waals surface area contributed by atoms with Crippen LogP contribution in [0.1, 0.15) is 20.4 Å². The SMILES string of the molecule is COc1cccc(CNC(=O)COCc2nnc(C(=O)Nc3ccccc3)s2)c1. The molecular weight excluding hydrogens is 392 g/mol. The Hall–Kier alpha value is -3.30. The van der Waals surface area contributed by atoms with Gasteiger partial charge in [0.05, 0.1) is 7.11 Å². The fourth-order valence-electron chi connectivity index (χ4n) is 2.37. The quantitative estimate of drug-likeness (QED) is 0.560. The van der Waals surface area contributed by atoms with Gasteiger partial charge in [-0.05, 0) is 29.8 Å². The number of hydrogen-bond donors (Lipinski definition) is 2. The molecule has 1 aromatic heterocycles. The van der Waals surface area contributed by atoms with Crippen molar-refractivity contribution in [3.63, 3.8) is 0 Å². The van der Waals surface area contributed by atoms with Gasteiger partial charge < -0.3 is 20.1 Å². The molecule has 0 spiro atoms. The number of carbonyl (C=O) groups is 2. The van der Waals surface area contributed by atoms with Gasteiger partial charge in [-0.1, -0.05) is 41.7 Å². The third kappa shape index (κ3) is 6.37. The van der Waals surface area contributed by atoms with Crippen LogP contribution in [0.2, 0.25) is 0 Å². The lowest BCUT2D eigenvalue weighted by Gasteiger charge is -2.07. The van der Waals surface area contributed by atoms with Crippen LogP contribution in [0, 0.1) is 0 Å². The third-order valence-corrected chi connectivity index (χ3v) is 4.67. The van der Waals surface area contributed by atoms with Crippen LogP contribution in [-0.2, 0) is 22.7 Å². The fraction of sp³-hybridized carbons (Fsp3) is 0.200.